The van der Waals surface area contributed by atoms with Crippen LogP contribution in [0.15, 0.2) is 53.4 Å². The number of Topliss-reactive ketones (excluding diaryl/α,β-unsaturated/α-hetero) is 1. The second-order valence-corrected chi connectivity index (χ2v) is 10.3. The third-order valence-electron chi connectivity index (χ3n) is 5.99. The summed E-state index contributed by atoms with van der Waals surface area (Å²) >= 11 is 5.85. The fourth-order valence-corrected chi connectivity index (χ4v) is 5.75. The zero-order valence-electron chi connectivity index (χ0n) is 17.5. The normalized spacial score (nSPS) is 20.7. The molecule has 2 aliphatic rings. The maximum Gasteiger partial charge on any atom is 0.292 e. The lowest BCUT2D eigenvalue weighted by atomic mass is 10.1. The Balaban J connectivity index is 1.44. The molecule has 2 aromatic rings. The van der Waals surface area contributed by atoms with Crippen LogP contribution in [0.4, 0.5) is 5.69 Å². The summed E-state index contributed by atoms with van der Waals surface area (Å²) in [6.45, 7) is 2.81. The minimum Gasteiger partial charge on any atom is -0.322 e. The average Bonchev–Trinajstić information content (AvgIpc) is 3.08. The van der Waals surface area contributed by atoms with Crippen LogP contribution in [0.25, 0.3) is 0 Å². The molecular weight excluding hydrogens is 454 g/mol. The number of piperazine rings is 1. The van der Waals surface area contributed by atoms with Gasteiger partial charge in [-0.25, -0.2) is 13.3 Å². The van der Waals surface area contributed by atoms with Gasteiger partial charge in [0, 0.05) is 10.6 Å². The highest BCUT2D eigenvalue weighted by atomic mass is 35.5. The van der Waals surface area contributed by atoms with E-state index in [0.29, 0.717) is 29.4 Å². The molecule has 0 aliphatic carbocycles. The van der Waals surface area contributed by atoms with Crippen LogP contribution >= 0.6 is 11.6 Å². The summed E-state index contributed by atoms with van der Waals surface area (Å²) < 4.78 is 27.2. The Morgan fingerprint density at radius 3 is 2.16 bits per heavy atom. The SMILES string of the molecule is CC(=O)c1ccc(N2C(=O)C[C@H]([NH+]3CCN(S(=O)(=O)c4ccc(Cl)cc4)CC3)C2=O)cc1. The fourth-order valence-electron chi connectivity index (χ4n) is 4.19. The second kappa shape index (κ2) is 8.74. The molecule has 4 rings (SSSR count). The van der Waals surface area contributed by atoms with E-state index in [-0.39, 0.29) is 42.0 Å². The Labute approximate surface area is 191 Å². The first-order chi connectivity index (χ1) is 15.2. The van der Waals surface area contributed by atoms with Crippen molar-refractivity contribution < 1.29 is 27.7 Å². The van der Waals surface area contributed by atoms with Gasteiger partial charge in [-0.15, -0.1) is 0 Å². The van der Waals surface area contributed by atoms with Crippen molar-refractivity contribution in [1.29, 1.82) is 0 Å². The molecule has 2 amide bonds. The van der Waals surface area contributed by atoms with Crippen LogP contribution in [0.3, 0.4) is 0 Å². The molecule has 0 saturated carbocycles. The van der Waals surface area contributed by atoms with Gasteiger partial charge in [0.15, 0.2) is 11.8 Å². The molecular formula is C22H23ClN3O5S+. The van der Waals surface area contributed by atoms with Crippen LogP contribution in [0, 0.1) is 0 Å². The number of carbonyl (C=O) groups excluding carboxylic acids is 3. The Morgan fingerprint density at radius 1 is 1.00 bits per heavy atom. The van der Waals surface area contributed by atoms with Gasteiger partial charge in [0.2, 0.25) is 15.9 Å². The minimum atomic E-state index is -3.64. The van der Waals surface area contributed by atoms with E-state index in [1.54, 1.807) is 24.3 Å². The molecule has 8 nitrogen and oxygen atoms in total. The number of nitrogens with one attached hydrogen (secondary N) is 1. The van der Waals surface area contributed by atoms with Gasteiger partial charge < -0.3 is 4.90 Å². The van der Waals surface area contributed by atoms with Gasteiger partial charge in [-0.05, 0) is 55.5 Å². The first-order valence-electron chi connectivity index (χ1n) is 10.3. The predicted molar refractivity (Wildman–Crippen MR) is 118 cm³/mol. The quantitative estimate of drug-likeness (QED) is 0.508. The van der Waals surface area contributed by atoms with E-state index in [1.807, 2.05) is 0 Å². The van der Waals surface area contributed by atoms with Crippen LogP contribution in [0.2, 0.25) is 5.02 Å². The molecule has 0 radical (unpaired) electrons. The molecule has 0 aromatic heterocycles. The first-order valence-corrected chi connectivity index (χ1v) is 12.1. The minimum absolute atomic E-state index is 0.0760. The van der Waals surface area contributed by atoms with Crippen molar-refractivity contribution in [3.05, 3.63) is 59.1 Å². The molecule has 1 N–H and O–H groups in total. The van der Waals surface area contributed by atoms with E-state index >= 15 is 0 Å². The molecule has 0 bridgehead atoms. The molecule has 2 heterocycles. The van der Waals surface area contributed by atoms with Crippen LogP contribution in [-0.4, -0.2) is 62.5 Å². The lowest BCUT2D eigenvalue weighted by Gasteiger charge is -2.33. The van der Waals surface area contributed by atoms with Gasteiger partial charge in [-0.2, -0.15) is 4.31 Å². The Morgan fingerprint density at radius 2 is 1.59 bits per heavy atom. The molecule has 0 spiro atoms. The van der Waals surface area contributed by atoms with Crippen molar-refractivity contribution >= 4 is 44.9 Å². The number of sulfonamides is 1. The summed E-state index contributed by atoms with van der Waals surface area (Å²) in [4.78, 5) is 39.3. The first kappa shape index (κ1) is 22.6. The van der Waals surface area contributed by atoms with Crippen molar-refractivity contribution in [2.45, 2.75) is 24.3 Å². The summed E-state index contributed by atoms with van der Waals surface area (Å²) in [5, 5.41) is 0.461. The summed E-state index contributed by atoms with van der Waals surface area (Å²) in [6, 6.07) is 11.9. The van der Waals surface area contributed by atoms with Crippen LogP contribution < -0.4 is 9.80 Å². The lowest BCUT2D eigenvalue weighted by Crippen LogP contribution is -3.19. The van der Waals surface area contributed by atoms with Crippen LogP contribution in [0.1, 0.15) is 23.7 Å². The standard InChI is InChI=1S/C22H22ClN3O5S/c1-15(27)16-2-6-18(7-3-16)26-21(28)14-20(22(26)29)24-10-12-25(13-11-24)32(30,31)19-8-4-17(23)5-9-19/h2-9,20H,10-14H2,1H3/p+1/t20-/m0/s1. The molecule has 2 fully saturated rings. The highest BCUT2D eigenvalue weighted by Gasteiger charge is 2.47. The molecule has 10 heteroatoms. The van der Waals surface area contributed by atoms with Gasteiger partial charge in [0.05, 0.1) is 43.2 Å². The summed E-state index contributed by atoms with van der Waals surface area (Å²) in [6.07, 6.45) is 0.0760. The Bertz CT molecular complexity index is 1160. The number of hydrogen-bond donors (Lipinski definition) is 1. The van der Waals surface area contributed by atoms with E-state index in [2.05, 4.69) is 0 Å². The predicted octanol–water partition coefficient (Wildman–Crippen LogP) is 0.764. The van der Waals surface area contributed by atoms with Crippen LogP contribution in [-0.2, 0) is 19.6 Å². The Hall–Kier alpha value is -2.59. The third-order valence-corrected chi connectivity index (χ3v) is 8.15. The van der Waals surface area contributed by atoms with Gasteiger partial charge >= 0.3 is 0 Å². The number of rotatable bonds is 5. The lowest BCUT2D eigenvalue weighted by molar-refractivity contribution is -0.918. The number of ketones is 1. The number of halogens is 1. The smallest absolute Gasteiger partial charge is 0.292 e. The molecule has 1 atom stereocenters. The average molecular weight is 477 g/mol. The number of amides is 2. The molecule has 2 aromatic carbocycles. The number of anilines is 1. The summed E-state index contributed by atoms with van der Waals surface area (Å²) in [7, 11) is -3.64. The number of carbonyl (C=O) groups is 3. The maximum atomic E-state index is 13.0. The number of quaternary nitrogens is 1. The van der Waals surface area contributed by atoms with E-state index in [0.717, 1.165) is 4.90 Å². The van der Waals surface area contributed by atoms with E-state index in [1.165, 1.54) is 40.4 Å². The number of imide groups is 1. The largest absolute Gasteiger partial charge is 0.322 e. The second-order valence-electron chi connectivity index (χ2n) is 7.94. The maximum absolute atomic E-state index is 13.0. The molecule has 2 aliphatic heterocycles. The molecule has 32 heavy (non-hydrogen) atoms. The van der Waals surface area contributed by atoms with Crippen LogP contribution in [0.5, 0.6) is 0 Å². The van der Waals surface area contributed by atoms with Crippen molar-refractivity contribution in [3.63, 3.8) is 0 Å². The number of benzene rings is 2. The van der Waals surface area contributed by atoms with Gasteiger partial charge in [-0.3, -0.25) is 14.4 Å². The van der Waals surface area contributed by atoms with Crippen molar-refractivity contribution in [1.82, 2.24) is 4.31 Å². The van der Waals surface area contributed by atoms with Gasteiger partial charge in [0.25, 0.3) is 5.91 Å². The van der Waals surface area contributed by atoms with Crippen molar-refractivity contribution in [2.75, 3.05) is 31.1 Å². The molecule has 168 valence electrons. The zero-order chi connectivity index (χ0) is 23.0. The van der Waals surface area contributed by atoms with Crippen molar-refractivity contribution in [3.8, 4) is 0 Å². The van der Waals surface area contributed by atoms with E-state index < -0.39 is 16.1 Å². The topological polar surface area (TPSA) is 96.3 Å². The monoisotopic (exact) mass is 476 g/mol. The highest BCUT2D eigenvalue weighted by Crippen LogP contribution is 2.23. The Kier molecular flexibility index (Phi) is 6.17. The van der Waals surface area contributed by atoms with Crippen molar-refractivity contribution in [2.24, 2.45) is 0 Å². The van der Waals surface area contributed by atoms with Gasteiger partial charge in [0.1, 0.15) is 0 Å². The molecule has 2 saturated heterocycles. The number of nitrogens with zero attached hydrogens (tertiary/aromatic N) is 2. The third kappa shape index (κ3) is 4.21. The highest BCUT2D eigenvalue weighted by molar-refractivity contribution is 7.89. The molecule has 0 unspecified atom stereocenters. The van der Waals surface area contributed by atoms with E-state index in [4.69, 9.17) is 11.6 Å². The van der Waals surface area contributed by atoms with Gasteiger partial charge in [-0.1, -0.05) is 11.6 Å². The summed E-state index contributed by atoms with van der Waals surface area (Å²) in [5.74, 6) is -0.682. The number of hydrogen-bond acceptors (Lipinski definition) is 5. The fraction of sp³-hybridized carbons (Fsp3) is 0.318. The summed E-state index contributed by atoms with van der Waals surface area (Å²) in [5.41, 5.74) is 0.948. The van der Waals surface area contributed by atoms with E-state index in [9.17, 15) is 22.8 Å². The zero-order valence-corrected chi connectivity index (χ0v) is 19.0.